The van der Waals surface area contributed by atoms with E-state index in [1.165, 1.54) is 13.1 Å². The van der Waals surface area contributed by atoms with E-state index in [1.54, 1.807) is 24.4 Å². The van der Waals surface area contributed by atoms with Crippen molar-refractivity contribution in [2.24, 2.45) is 10.8 Å². The summed E-state index contributed by atoms with van der Waals surface area (Å²) in [5.41, 5.74) is -0.722. The number of carboxylic acid groups (broad SMARTS) is 2. The first-order chi connectivity index (χ1) is 27.2. The van der Waals surface area contributed by atoms with Gasteiger partial charge in [-0.05, 0) is 68.6 Å². The highest BCUT2D eigenvalue weighted by Gasteiger charge is 2.49. The van der Waals surface area contributed by atoms with Crippen LogP contribution in [0.5, 0.6) is 11.5 Å². The van der Waals surface area contributed by atoms with Crippen molar-refractivity contribution in [3.05, 3.63) is 106 Å². The maximum atomic E-state index is 11.9. The van der Waals surface area contributed by atoms with Gasteiger partial charge in [0, 0.05) is 54.7 Å². The molecule has 14 heteroatoms. The molecule has 1 aromatic heterocycles. The summed E-state index contributed by atoms with van der Waals surface area (Å²) >= 11 is 6.88. The van der Waals surface area contributed by atoms with Crippen LogP contribution >= 0.6 is 11.6 Å². The highest BCUT2D eigenvalue weighted by Crippen LogP contribution is 2.49. The molecule has 2 atom stereocenters. The molecule has 2 aliphatic rings. The second kappa shape index (κ2) is 18.6. The number of allylic oxidation sites excluding steroid dienone is 2. The van der Waals surface area contributed by atoms with Crippen molar-refractivity contribution < 1.29 is 44.2 Å². The standard InChI is InChI=1S/C43H51ClN4O9/c1-40(2)34(32-9-5-4-6-10-32)11-7-12-43(40,57-18-8-15-48-16-13-42(28-50,14-17-48)39(53)54)29-56-37-21-36(55-26-31-19-30(22-45)23-46-24-31)33(20-35(37)44)25-47-41(3,27-49)38(51)52/h4-7,9-12,19-21,23-24,47,49-50H,8,13-18,25-29H2,1-3H3,(H,51,52)(H,53,54)/t41?,43-/m0/s1. The Morgan fingerprint density at radius 1 is 1.05 bits per heavy atom. The van der Waals surface area contributed by atoms with E-state index < -0.39 is 40.5 Å². The number of aromatic nitrogens is 1. The molecule has 57 heavy (non-hydrogen) atoms. The Kier molecular flexibility index (Phi) is 14.2. The molecule has 2 heterocycles. The number of nitrogens with zero attached hydrogens (tertiary/aromatic N) is 3. The molecule has 0 amide bonds. The molecular weight excluding hydrogens is 752 g/mol. The second-order valence-electron chi connectivity index (χ2n) is 15.4. The Morgan fingerprint density at radius 2 is 1.79 bits per heavy atom. The maximum Gasteiger partial charge on any atom is 0.326 e. The molecular formula is C43H51ClN4O9. The highest BCUT2D eigenvalue weighted by molar-refractivity contribution is 6.32. The van der Waals surface area contributed by atoms with Crippen LogP contribution in [0.25, 0.3) is 5.57 Å². The van der Waals surface area contributed by atoms with Crippen LogP contribution in [0.15, 0.2) is 79.2 Å². The molecule has 3 aromatic rings. The summed E-state index contributed by atoms with van der Waals surface area (Å²) in [6, 6.07) is 17.0. The number of halogens is 1. The minimum atomic E-state index is -1.63. The van der Waals surface area contributed by atoms with Crippen LogP contribution in [0, 0.1) is 22.2 Å². The van der Waals surface area contributed by atoms with Gasteiger partial charge in [-0.25, -0.2) is 0 Å². The van der Waals surface area contributed by atoms with Crippen LogP contribution < -0.4 is 14.8 Å². The zero-order valence-corrected chi connectivity index (χ0v) is 33.3. The number of nitriles is 1. The molecule has 0 saturated carbocycles. The first-order valence-electron chi connectivity index (χ1n) is 18.9. The number of aliphatic hydroxyl groups excluding tert-OH is 2. The molecule has 1 fully saturated rings. The fraction of sp³-hybridized carbons (Fsp3) is 0.442. The molecule has 0 spiro atoms. The Hall–Kier alpha value is -4.81. The third-order valence-electron chi connectivity index (χ3n) is 11.3. The quantitative estimate of drug-likeness (QED) is 0.0959. The van der Waals surface area contributed by atoms with Crippen molar-refractivity contribution >= 4 is 29.1 Å². The van der Waals surface area contributed by atoms with Crippen molar-refractivity contribution in [1.82, 2.24) is 15.2 Å². The number of piperidine rings is 1. The highest BCUT2D eigenvalue weighted by atomic mass is 35.5. The normalized spacial score (nSPS) is 19.8. The third-order valence-corrected chi connectivity index (χ3v) is 11.6. The van der Waals surface area contributed by atoms with E-state index >= 15 is 0 Å². The van der Waals surface area contributed by atoms with E-state index in [0.717, 1.165) is 11.1 Å². The van der Waals surface area contributed by atoms with E-state index in [-0.39, 0.29) is 31.4 Å². The van der Waals surface area contributed by atoms with Crippen LogP contribution in [0.1, 0.15) is 62.3 Å². The number of hydrogen-bond acceptors (Lipinski definition) is 11. The Morgan fingerprint density at radius 3 is 2.44 bits per heavy atom. The average molecular weight is 803 g/mol. The van der Waals surface area contributed by atoms with E-state index in [2.05, 4.69) is 53.3 Å². The van der Waals surface area contributed by atoms with Gasteiger partial charge in [0.15, 0.2) is 0 Å². The molecule has 0 radical (unpaired) electrons. The number of carbonyl (C=O) groups is 2. The second-order valence-corrected chi connectivity index (χ2v) is 15.8. The van der Waals surface area contributed by atoms with Crippen molar-refractivity contribution in [1.29, 1.82) is 5.26 Å². The summed E-state index contributed by atoms with van der Waals surface area (Å²) in [6.07, 6.45) is 10.5. The zero-order chi connectivity index (χ0) is 41.3. The van der Waals surface area contributed by atoms with Gasteiger partial charge in [0.25, 0.3) is 0 Å². The van der Waals surface area contributed by atoms with Crippen LogP contribution in [-0.4, -0.2) is 99.5 Å². The fourth-order valence-electron chi connectivity index (χ4n) is 7.13. The number of carboxylic acids is 2. The number of likely N-dealkylation sites (tertiary alicyclic amines) is 1. The van der Waals surface area contributed by atoms with Crippen molar-refractivity contribution in [3.63, 3.8) is 0 Å². The number of nitrogens with one attached hydrogen (secondary N) is 1. The molecule has 5 N–H and O–H groups in total. The number of hydrogen-bond donors (Lipinski definition) is 5. The van der Waals surface area contributed by atoms with E-state index in [0.29, 0.717) is 73.7 Å². The predicted molar refractivity (Wildman–Crippen MR) is 214 cm³/mol. The van der Waals surface area contributed by atoms with Gasteiger partial charge in [-0.3, -0.25) is 19.9 Å². The van der Waals surface area contributed by atoms with Crippen LogP contribution in [-0.2, 0) is 27.5 Å². The van der Waals surface area contributed by atoms with Gasteiger partial charge < -0.3 is 39.5 Å². The lowest BCUT2D eigenvalue weighted by Gasteiger charge is -2.47. The van der Waals surface area contributed by atoms with E-state index in [9.17, 15) is 35.3 Å². The van der Waals surface area contributed by atoms with Gasteiger partial charge >= 0.3 is 11.9 Å². The minimum Gasteiger partial charge on any atom is -0.488 e. The summed E-state index contributed by atoms with van der Waals surface area (Å²) in [6.45, 7) is 6.83. The zero-order valence-electron chi connectivity index (χ0n) is 32.5. The SMILES string of the molecule is CC(CO)(NCc1cc(Cl)c(OC[C@@]2(OCCCN3CCC(CO)(C(=O)O)CC3)C=CC=C(c3ccccc3)C2(C)C)cc1OCc1cncc(C#N)c1)C(=O)O. The summed E-state index contributed by atoms with van der Waals surface area (Å²) in [7, 11) is 0. The van der Waals surface area contributed by atoms with E-state index in [1.807, 2.05) is 30.4 Å². The molecule has 2 aromatic carbocycles. The Balaban J connectivity index is 1.39. The smallest absolute Gasteiger partial charge is 0.326 e. The maximum absolute atomic E-state index is 11.9. The lowest BCUT2D eigenvalue weighted by atomic mass is 9.65. The first kappa shape index (κ1) is 43.3. The fourth-order valence-corrected chi connectivity index (χ4v) is 7.37. The lowest BCUT2D eigenvalue weighted by Crippen LogP contribution is -2.52. The third kappa shape index (κ3) is 9.84. The molecule has 13 nitrogen and oxygen atoms in total. The van der Waals surface area contributed by atoms with Gasteiger partial charge in [0.1, 0.15) is 41.9 Å². The average Bonchev–Trinajstić information content (AvgIpc) is 3.21. The summed E-state index contributed by atoms with van der Waals surface area (Å²) in [5, 5.41) is 51.5. The minimum absolute atomic E-state index is 0.0163. The van der Waals surface area contributed by atoms with Gasteiger partial charge in [0.2, 0.25) is 0 Å². The molecule has 0 bridgehead atoms. The Labute approximate surface area is 338 Å². The van der Waals surface area contributed by atoms with Crippen molar-refractivity contribution in [3.8, 4) is 17.6 Å². The van der Waals surface area contributed by atoms with Crippen molar-refractivity contribution in [2.45, 2.75) is 64.3 Å². The molecule has 1 unspecified atom stereocenters. The molecule has 5 rings (SSSR count). The van der Waals surface area contributed by atoms with Crippen LogP contribution in [0.2, 0.25) is 5.02 Å². The van der Waals surface area contributed by atoms with Gasteiger partial charge in [-0.1, -0.05) is 67.9 Å². The lowest BCUT2D eigenvalue weighted by molar-refractivity contribution is -0.155. The molecule has 1 aliphatic heterocycles. The van der Waals surface area contributed by atoms with Gasteiger partial charge in [-0.15, -0.1) is 0 Å². The monoisotopic (exact) mass is 802 g/mol. The Bertz CT molecular complexity index is 1990. The topological polar surface area (TPSA) is 195 Å². The number of pyridine rings is 1. The number of ether oxygens (including phenoxy) is 3. The number of aliphatic hydroxyl groups is 2. The van der Waals surface area contributed by atoms with E-state index in [4.69, 9.17) is 25.8 Å². The summed E-state index contributed by atoms with van der Waals surface area (Å²) < 4.78 is 19.7. The number of rotatable bonds is 19. The van der Waals surface area contributed by atoms with Gasteiger partial charge in [0.05, 0.1) is 29.2 Å². The molecule has 1 aliphatic carbocycles. The first-order valence-corrected chi connectivity index (χ1v) is 19.3. The van der Waals surface area contributed by atoms with Crippen LogP contribution in [0.4, 0.5) is 0 Å². The predicted octanol–water partition coefficient (Wildman–Crippen LogP) is 5.47. The largest absolute Gasteiger partial charge is 0.488 e. The van der Waals surface area contributed by atoms with Crippen molar-refractivity contribution in [2.75, 3.05) is 46.1 Å². The summed E-state index contributed by atoms with van der Waals surface area (Å²) in [5.74, 6) is -1.56. The molecule has 1 saturated heterocycles. The van der Waals surface area contributed by atoms with Crippen LogP contribution in [0.3, 0.4) is 0 Å². The van der Waals surface area contributed by atoms with Gasteiger partial charge in [-0.2, -0.15) is 5.26 Å². The summed E-state index contributed by atoms with van der Waals surface area (Å²) in [4.78, 5) is 30.1. The number of benzene rings is 2. The number of aliphatic carboxylic acids is 2. The molecule has 304 valence electrons.